The van der Waals surface area contributed by atoms with Crippen molar-refractivity contribution >= 4 is 28.6 Å². The fourth-order valence-electron chi connectivity index (χ4n) is 3.28. The van der Waals surface area contributed by atoms with E-state index in [2.05, 4.69) is 5.32 Å². The van der Waals surface area contributed by atoms with Gasteiger partial charge < -0.3 is 15.2 Å². The van der Waals surface area contributed by atoms with Crippen LogP contribution in [-0.2, 0) is 17.9 Å². The predicted molar refractivity (Wildman–Crippen MR) is 110 cm³/mol. The number of carboxylic acids is 1. The number of hydrogen-bond donors (Lipinski definition) is 2. The number of para-hydroxylation sites is 2. The van der Waals surface area contributed by atoms with E-state index >= 15 is 0 Å². The maximum atomic E-state index is 12.8. The number of aryl methyl sites for hydroxylation is 2. The molecule has 8 heteroatoms. The lowest BCUT2D eigenvalue weighted by Gasteiger charge is -2.11. The topological polar surface area (TPSA) is 103 Å². The van der Waals surface area contributed by atoms with E-state index in [4.69, 9.17) is 9.84 Å². The maximum Gasteiger partial charge on any atom is 0.335 e. The molecule has 0 atom stereocenters. The second-order valence-electron chi connectivity index (χ2n) is 6.59. The summed E-state index contributed by atoms with van der Waals surface area (Å²) in [6, 6.07) is 11.7. The van der Waals surface area contributed by atoms with Gasteiger partial charge in [-0.3, -0.25) is 13.9 Å². The number of ether oxygens (including phenoxy) is 1. The Morgan fingerprint density at radius 1 is 1.07 bits per heavy atom. The van der Waals surface area contributed by atoms with E-state index < -0.39 is 5.97 Å². The highest BCUT2D eigenvalue weighted by Crippen LogP contribution is 2.26. The first-order valence-corrected chi connectivity index (χ1v) is 9.35. The molecule has 0 aliphatic rings. The molecule has 0 bridgehead atoms. The van der Waals surface area contributed by atoms with Gasteiger partial charge in [-0.1, -0.05) is 19.1 Å². The van der Waals surface area contributed by atoms with Crippen LogP contribution in [0.25, 0.3) is 11.0 Å². The SMILES string of the molecule is CCCn1c(=O)n(CCC(=O)Nc2ccc(C(=O)O)cc2OC)c2ccccc21. The normalized spacial score (nSPS) is 10.8. The maximum absolute atomic E-state index is 12.8. The molecule has 3 aromatic rings. The molecule has 29 heavy (non-hydrogen) atoms. The van der Waals surface area contributed by atoms with Crippen molar-refractivity contribution in [2.45, 2.75) is 32.9 Å². The van der Waals surface area contributed by atoms with Crippen molar-refractivity contribution in [3.05, 3.63) is 58.5 Å². The van der Waals surface area contributed by atoms with E-state index in [1.165, 1.54) is 25.3 Å². The number of nitrogens with zero attached hydrogens (tertiary/aromatic N) is 2. The minimum absolute atomic E-state index is 0.0649. The van der Waals surface area contributed by atoms with Gasteiger partial charge in [0.25, 0.3) is 0 Å². The van der Waals surface area contributed by atoms with Crippen molar-refractivity contribution < 1.29 is 19.4 Å². The van der Waals surface area contributed by atoms with Crippen LogP contribution in [0.1, 0.15) is 30.1 Å². The Balaban J connectivity index is 1.78. The minimum atomic E-state index is -1.08. The van der Waals surface area contributed by atoms with E-state index in [9.17, 15) is 14.4 Å². The smallest absolute Gasteiger partial charge is 0.335 e. The number of benzene rings is 2. The number of amides is 1. The Morgan fingerprint density at radius 3 is 2.31 bits per heavy atom. The largest absolute Gasteiger partial charge is 0.495 e. The van der Waals surface area contributed by atoms with Gasteiger partial charge in [0.1, 0.15) is 5.75 Å². The van der Waals surface area contributed by atoms with Gasteiger partial charge in [-0.05, 0) is 36.8 Å². The molecule has 1 aromatic heterocycles. The van der Waals surface area contributed by atoms with Crippen molar-refractivity contribution in [3.63, 3.8) is 0 Å². The molecular formula is C21H23N3O5. The molecule has 2 aromatic carbocycles. The second-order valence-corrected chi connectivity index (χ2v) is 6.59. The summed E-state index contributed by atoms with van der Waals surface area (Å²) in [5, 5.41) is 11.8. The van der Waals surface area contributed by atoms with Crippen LogP contribution in [0.3, 0.4) is 0 Å². The molecule has 3 rings (SSSR count). The number of nitrogens with one attached hydrogen (secondary N) is 1. The summed E-state index contributed by atoms with van der Waals surface area (Å²) < 4.78 is 8.50. The Kier molecular flexibility index (Phi) is 6.01. The number of aromatic nitrogens is 2. The Bertz CT molecular complexity index is 1110. The summed E-state index contributed by atoms with van der Waals surface area (Å²) in [6.45, 7) is 2.86. The number of carbonyl (C=O) groups excluding carboxylic acids is 1. The second kappa shape index (κ2) is 8.64. The number of methoxy groups -OCH3 is 1. The molecule has 0 radical (unpaired) electrons. The first-order valence-electron chi connectivity index (χ1n) is 9.35. The first-order chi connectivity index (χ1) is 14.0. The van der Waals surface area contributed by atoms with Crippen LogP contribution in [-0.4, -0.2) is 33.2 Å². The third kappa shape index (κ3) is 4.16. The summed E-state index contributed by atoms with van der Waals surface area (Å²) >= 11 is 0. The van der Waals surface area contributed by atoms with Crippen LogP contribution in [0.5, 0.6) is 5.75 Å². The van der Waals surface area contributed by atoms with Crippen LogP contribution < -0.4 is 15.7 Å². The van der Waals surface area contributed by atoms with Crippen LogP contribution in [0.2, 0.25) is 0 Å². The highest BCUT2D eigenvalue weighted by molar-refractivity contribution is 5.94. The Hall–Kier alpha value is -3.55. The van der Waals surface area contributed by atoms with Crippen molar-refractivity contribution in [2.24, 2.45) is 0 Å². The van der Waals surface area contributed by atoms with E-state index in [1.807, 2.05) is 31.2 Å². The molecule has 0 saturated heterocycles. The fourth-order valence-corrected chi connectivity index (χ4v) is 3.28. The van der Waals surface area contributed by atoms with Gasteiger partial charge >= 0.3 is 11.7 Å². The lowest BCUT2D eigenvalue weighted by atomic mass is 10.2. The van der Waals surface area contributed by atoms with Gasteiger partial charge in [-0.2, -0.15) is 0 Å². The van der Waals surface area contributed by atoms with Crippen LogP contribution in [0.4, 0.5) is 5.69 Å². The van der Waals surface area contributed by atoms with E-state index in [-0.39, 0.29) is 35.9 Å². The Labute approximate surface area is 167 Å². The summed E-state index contributed by atoms with van der Waals surface area (Å²) in [6.07, 6.45) is 0.921. The number of anilines is 1. The molecule has 0 unspecified atom stereocenters. The molecule has 2 N–H and O–H groups in total. The van der Waals surface area contributed by atoms with Crippen molar-refractivity contribution in [1.82, 2.24) is 9.13 Å². The number of carboxylic acid groups (broad SMARTS) is 1. The highest BCUT2D eigenvalue weighted by Gasteiger charge is 2.15. The fraction of sp³-hybridized carbons (Fsp3) is 0.286. The molecule has 1 amide bonds. The number of imidazole rings is 1. The predicted octanol–water partition coefficient (Wildman–Crippen LogP) is 2.95. The van der Waals surface area contributed by atoms with Crippen molar-refractivity contribution in [2.75, 3.05) is 12.4 Å². The molecular weight excluding hydrogens is 374 g/mol. The van der Waals surface area contributed by atoms with Crippen molar-refractivity contribution in [3.8, 4) is 5.75 Å². The summed E-state index contributed by atoms with van der Waals surface area (Å²) in [5.41, 5.74) is 1.95. The number of aromatic carboxylic acids is 1. The van der Waals surface area contributed by atoms with E-state index in [1.54, 1.807) is 9.13 Å². The van der Waals surface area contributed by atoms with E-state index in [0.717, 1.165) is 17.5 Å². The molecule has 0 saturated carbocycles. The molecule has 0 aliphatic heterocycles. The Morgan fingerprint density at radius 2 is 1.72 bits per heavy atom. The lowest BCUT2D eigenvalue weighted by Crippen LogP contribution is -2.26. The molecule has 1 heterocycles. The molecule has 0 spiro atoms. The molecule has 8 nitrogen and oxygen atoms in total. The summed E-state index contributed by atoms with van der Waals surface area (Å²) in [5.74, 6) is -1.12. The van der Waals surface area contributed by atoms with Crippen molar-refractivity contribution in [1.29, 1.82) is 0 Å². The summed E-state index contributed by atoms with van der Waals surface area (Å²) in [7, 11) is 1.40. The number of rotatable bonds is 8. The minimum Gasteiger partial charge on any atom is -0.495 e. The van der Waals surface area contributed by atoms with Gasteiger partial charge in [0, 0.05) is 19.5 Å². The van der Waals surface area contributed by atoms with E-state index in [0.29, 0.717) is 12.2 Å². The number of hydrogen-bond acceptors (Lipinski definition) is 4. The lowest BCUT2D eigenvalue weighted by molar-refractivity contribution is -0.116. The van der Waals surface area contributed by atoms with Gasteiger partial charge in [0.15, 0.2) is 0 Å². The first kappa shape index (κ1) is 20.2. The number of carbonyl (C=O) groups is 2. The zero-order chi connectivity index (χ0) is 21.0. The van der Waals surface area contributed by atoms with Crippen LogP contribution in [0, 0.1) is 0 Å². The molecule has 0 fully saturated rings. The van der Waals surface area contributed by atoms with Crippen LogP contribution in [0.15, 0.2) is 47.3 Å². The van der Waals surface area contributed by atoms with Gasteiger partial charge in [-0.25, -0.2) is 9.59 Å². The standard InChI is InChI=1S/C21H23N3O5/c1-3-11-23-16-6-4-5-7-17(16)24(21(23)28)12-10-19(25)22-15-9-8-14(20(26)27)13-18(15)29-2/h4-9,13H,3,10-12H2,1-2H3,(H,22,25)(H,26,27). The zero-order valence-corrected chi connectivity index (χ0v) is 16.3. The third-order valence-electron chi connectivity index (χ3n) is 4.66. The van der Waals surface area contributed by atoms with Crippen LogP contribution >= 0.6 is 0 Å². The average Bonchev–Trinajstić information content (AvgIpc) is 2.98. The third-order valence-corrected chi connectivity index (χ3v) is 4.66. The van der Waals surface area contributed by atoms with Gasteiger partial charge in [0.2, 0.25) is 5.91 Å². The molecule has 152 valence electrons. The summed E-state index contributed by atoms with van der Waals surface area (Å²) in [4.78, 5) is 36.3. The average molecular weight is 397 g/mol. The molecule has 0 aliphatic carbocycles. The van der Waals surface area contributed by atoms with Gasteiger partial charge in [0.05, 0.1) is 29.4 Å². The monoisotopic (exact) mass is 397 g/mol. The number of fused-ring (bicyclic) bond motifs is 1. The quantitative estimate of drug-likeness (QED) is 0.608. The van der Waals surface area contributed by atoms with Gasteiger partial charge in [-0.15, -0.1) is 0 Å². The highest BCUT2D eigenvalue weighted by atomic mass is 16.5. The zero-order valence-electron chi connectivity index (χ0n) is 16.3.